The van der Waals surface area contributed by atoms with Gasteiger partial charge in [-0.25, -0.2) is 0 Å². The summed E-state index contributed by atoms with van der Waals surface area (Å²) in [4.78, 5) is 0. The Kier molecular flexibility index (Phi) is 8.50. The van der Waals surface area contributed by atoms with Crippen LogP contribution in [-0.4, -0.2) is 49.2 Å². The fourth-order valence-corrected chi connectivity index (χ4v) is 14.6. The van der Waals surface area contributed by atoms with Crippen molar-refractivity contribution in [1.82, 2.24) is 4.23 Å². The number of benzene rings is 1. The van der Waals surface area contributed by atoms with E-state index in [9.17, 15) is 0 Å². The molecule has 0 N–H and O–H groups in total. The maximum atomic E-state index is 6.47. The first-order valence-corrected chi connectivity index (χ1v) is 17.4. The summed E-state index contributed by atoms with van der Waals surface area (Å²) in [6.07, 6.45) is 2.04. The fraction of sp³-hybridized carbons (Fsp3) is 0.579. The monoisotopic (exact) mass is 394 g/mol. The van der Waals surface area contributed by atoms with E-state index in [2.05, 4.69) is 75.2 Å². The Morgan fingerprint density at radius 1 is 1.12 bits per heavy atom. The van der Waals surface area contributed by atoms with E-state index in [4.69, 9.17) is 8.85 Å². The van der Waals surface area contributed by atoms with Crippen LogP contribution in [0.2, 0.25) is 39.3 Å². The zero-order valence-electron chi connectivity index (χ0n) is 17.3. The highest BCUT2D eigenvalue weighted by molar-refractivity contribution is 6.89. The normalized spacial score (nSPS) is 14.2. The van der Waals surface area contributed by atoms with Gasteiger partial charge in [-0.15, -0.1) is 0 Å². The van der Waals surface area contributed by atoms with Crippen molar-refractivity contribution in [2.45, 2.75) is 59.2 Å². The SMILES string of the molecule is C=Cc1ccccc1[Si](OCC)OC(C)CN([Si](C)(C)C)[Si](C)(C)C. The van der Waals surface area contributed by atoms with Crippen molar-refractivity contribution in [3.05, 3.63) is 36.4 Å². The van der Waals surface area contributed by atoms with Crippen LogP contribution in [0, 0.1) is 0 Å². The van der Waals surface area contributed by atoms with Crippen molar-refractivity contribution >= 4 is 37.0 Å². The summed E-state index contributed by atoms with van der Waals surface area (Å²) in [5.74, 6) is 0. The Hall–Kier alpha value is -0.509. The molecular formula is C19H36NO2Si3. The van der Waals surface area contributed by atoms with Crippen LogP contribution in [0.15, 0.2) is 30.8 Å². The van der Waals surface area contributed by atoms with Gasteiger partial charge in [0.25, 0.3) is 0 Å². The van der Waals surface area contributed by atoms with Crippen molar-refractivity contribution < 1.29 is 8.85 Å². The van der Waals surface area contributed by atoms with Gasteiger partial charge in [-0.1, -0.05) is 76.2 Å². The highest BCUT2D eigenvalue weighted by Crippen LogP contribution is 2.21. The van der Waals surface area contributed by atoms with Crippen LogP contribution in [0.25, 0.3) is 6.08 Å². The van der Waals surface area contributed by atoms with E-state index in [0.717, 1.165) is 17.3 Å². The lowest BCUT2D eigenvalue weighted by Crippen LogP contribution is -2.61. The molecule has 1 unspecified atom stereocenters. The minimum atomic E-state index is -1.52. The van der Waals surface area contributed by atoms with E-state index in [0.29, 0.717) is 6.61 Å². The van der Waals surface area contributed by atoms with Crippen molar-refractivity contribution in [2.24, 2.45) is 0 Å². The second-order valence-corrected chi connectivity index (χ2v) is 20.2. The smallest absolute Gasteiger partial charge is 0.390 e. The maximum absolute atomic E-state index is 6.47. The van der Waals surface area contributed by atoms with Crippen LogP contribution < -0.4 is 5.19 Å². The van der Waals surface area contributed by atoms with Gasteiger partial charge in [-0.05, 0) is 19.4 Å². The largest absolute Gasteiger partial charge is 0.424 e. The molecule has 0 bridgehead atoms. The Balaban J connectivity index is 2.96. The Morgan fingerprint density at radius 2 is 1.68 bits per heavy atom. The van der Waals surface area contributed by atoms with Crippen LogP contribution in [-0.2, 0) is 8.85 Å². The lowest BCUT2D eigenvalue weighted by atomic mass is 10.2. The lowest BCUT2D eigenvalue weighted by Gasteiger charge is -2.45. The Morgan fingerprint density at radius 3 is 2.16 bits per heavy atom. The average molecular weight is 395 g/mol. The summed E-state index contributed by atoms with van der Waals surface area (Å²) in [5, 5.41) is 1.16. The van der Waals surface area contributed by atoms with Crippen molar-refractivity contribution in [3.63, 3.8) is 0 Å². The molecule has 1 atom stereocenters. The van der Waals surface area contributed by atoms with Gasteiger partial charge in [-0.3, -0.25) is 0 Å². The highest BCUT2D eigenvalue weighted by Gasteiger charge is 2.36. The molecule has 1 aromatic rings. The molecule has 0 aliphatic carbocycles. The third-order valence-corrected chi connectivity index (χ3v) is 13.7. The van der Waals surface area contributed by atoms with Gasteiger partial charge in [0.05, 0.1) is 6.10 Å². The van der Waals surface area contributed by atoms with Crippen LogP contribution in [0.3, 0.4) is 0 Å². The van der Waals surface area contributed by atoms with Gasteiger partial charge in [0.15, 0.2) is 0 Å². The van der Waals surface area contributed by atoms with Crippen LogP contribution in [0.1, 0.15) is 19.4 Å². The minimum Gasteiger partial charge on any atom is -0.390 e. The molecule has 0 aromatic heterocycles. The molecule has 1 aromatic carbocycles. The second kappa shape index (κ2) is 9.43. The molecule has 0 aliphatic rings. The van der Waals surface area contributed by atoms with Crippen molar-refractivity contribution in [2.75, 3.05) is 13.2 Å². The summed E-state index contributed by atoms with van der Waals surface area (Å²) in [6, 6.07) is 8.28. The molecule has 0 heterocycles. The number of hydrogen-bond acceptors (Lipinski definition) is 3. The van der Waals surface area contributed by atoms with Crippen LogP contribution in [0.4, 0.5) is 0 Å². The molecule has 0 spiro atoms. The molecule has 0 aliphatic heterocycles. The molecule has 6 heteroatoms. The molecule has 25 heavy (non-hydrogen) atoms. The molecule has 3 nitrogen and oxygen atoms in total. The number of nitrogens with zero attached hydrogens (tertiary/aromatic N) is 1. The van der Waals surface area contributed by atoms with Crippen molar-refractivity contribution in [3.8, 4) is 0 Å². The summed E-state index contributed by atoms with van der Waals surface area (Å²) in [5.41, 5.74) is 1.12. The quantitative estimate of drug-likeness (QED) is 0.548. The summed E-state index contributed by atoms with van der Waals surface area (Å²) < 4.78 is 15.3. The standard InChI is InChI=1S/C19H36NO2Si3/c1-10-18-14-12-13-15-19(18)23(21-11-2)22-17(3)16-20(24(4,5)6)25(7,8)9/h10,12-15,17H,1,11,16H2,2-9H3. The first-order chi connectivity index (χ1) is 11.5. The minimum absolute atomic E-state index is 0.150. The molecule has 0 fully saturated rings. The van der Waals surface area contributed by atoms with Gasteiger partial charge in [0, 0.05) is 18.3 Å². The first-order valence-electron chi connectivity index (χ1n) is 9.16. The van der Waals surface area contributed by atoms with E-state index in [1.165, 1.54) is 0 Å². The van der Waals surface area contributed by atoms with Gasteiger partial charge in [-0.2, -0.15) is 0 Å². The molecule has 0 amide bonds. The zero-order valence-corrected chi connectivity index (χ0v) is 20.3. The fourth-order valence-electron chi connectivity index (χ4n) is 3.20. The van der Waals surface area contributed by atoms with Crippen LogP contribution >= 0.6 is 0 Å². The summed E-state index contributed by atoms with van der Waals surface area (Å²) >= 11 is 0. The Labute approximate surface area is 159 Å². The topological polar surface area (TPSA) is 21.7 Å². The van der Waals surface area contributed by atoms with Gasteiger partial charge in [0.2, 0.25) is 0 Å². The maximum Gasteiger partial charge on any atom is 0.424 e. The highest BCUT2D eigenvalue weighted by atomic mass is 28.4. The van der Waals surface area contributed by atoms with Crippen LogP contribution in [0.5, 0.6) is 0 Å². The molecule has 0 saturated carbocycles. The number of rotatable bonds is 10. The zero-order chi connectivity index (χ0) is 19.3. The molecule has 1 rings (SSSR count). The van der Waals surface area contributed by atoms with E-state index < -0.39 is 25.8 Å². The summed E-state index contributed by atoms with van der Waals surface area (Å²) in [7, 11) is -4.28. The average Bonchev–Trinajstić information content (AvgIpc) is 2.50. The van der Waals surface area contributed by atoms with E-state index in [-0.39, 0.29) is 6.10 Å². The second-order valence-electron chi connectivity index (χ2n) is 8.39. The molecule has 1 radical (unpaired) electrons. The van der Waals surface area contributed by atoms with E-state index in [1.54, 1.807) is 0 Å². The predicted molar refractivity (Wildman–Crippen MR) is 117 cm³/mol. The Bertz CT molecular complexity index is 538. The third kappa shape index (κ3) is 6.96. The van der Waals surface area contributed by atoms with Crippen molar-refractivity contribution in [1.29, 1.82) is 0 Å². The third-order valence-electron chi connectivity index (χ3n) is 4.04. The number of hydrogen-bond donors (Lipinski definition) is 0. The van der Waals surface area contributed by atoms with Gasteiger partial charge < -0.3 is 13.1 Å². The predicted octanol–water partition coefficient (Wildman–Crippen LogP) is 4.44. The first kappa shape index (κ1) is 22.5. The van der Waals surface area contributed by atoms with E-state index >= 15 is 0 Å². The molecule has 0 saturated heterocycles. The molecule has 141 valence electrons. The van der Waals surface area contributed by atoms with E-state index in [1.807, 2.05) is 19.1 Å². The molecular weight excluding hydrogens is 358 g/mol. The lowest BCUT2D eigenvalue weighted by molar-refractivity contribution is 0.150. The van der Waals surface area contributed by atoms with Gasteiger partial charge in [0.1, 0.15) is 16.5 Å². The van der Waals surface area contributed by atoms with Gasteiger partial charge >= 0.3 is 9.28 Å². The summed E-state index contributed by atoms with van der Waals surface area (Å²) in [6.45, 7) is 24.4.